The summed E-state index contributed by atoms with van der Waals surface area (Å²) < 4.78 is 1.48. The fourth-order valence-electron chi connectivity index (χ4n) is 0.391. The second-order valence-corrected chi connectivity index (χ2v) is 1.35. The Balaban J connectivity index is 3.05. The average molecular weight is 108 g/mol. The zero-order chi connectivity index (χ0) is 5.98. The van der Waals surface area contributed by atoms with Crippen molar-refractivity contribution in [2.75, 3.05) is 0 Å². The molecule has 0 aliphatic heterocycles. The third-order valence-corrected chi connectivity index (χ3v) is 0.700. The van der Waals surface area contributed by atoms with Crippen molar-refractivity contribution in [3.05, 3.63) is 12.2 Å². The number of rotatable bonds is 0. The molecule has 0 amide bonds. The molecule has 4 nitrogen and oxygen atoms in total. The molecule has 0 bridgehead atoms. The molecule has 0 saturated carbocycles. The lowest BCUT2D eigenvalue weighted by Crippen LogP contribution is -1.86. The highest BCUT2D eigenvalue weighted by atomic mass is 15.3. The predicted molar refractivity (Wildman–Crippen MR) is 25.7 cm³/mol. The minimum absolute atomic E-state index is 0.215. The summed E-state index contributed by atoms with van der Waals surface area (Å²) in [5, 5.41) is 11.8. The van der Waals surface area contributed by atoms with Gasteiger partial charge in [0.15, 0.2) is 0 Å². The largest absolute Gasteiger partial charge is 0.255 e. The van der Waals surface area contributed by atoms with Gasteiger partial charge in [0.2, 0.25) is 0 Å². The number of hydrogen-bond acceptors (Lipinski definition) is 3. The van der Waals surface area contributed by atoms with Crippen molar-refractivity contribution in [1.29, 1.82) is 5.26 Å². The molecule has 8 heavy (non-hydrogen) atoms. The summed E-state index contributed by atoms with van der Waals surface area (Å²) in [5.74, 6) is 0.215. The van der Waals surface area contributed by atoms with Crippen LogP contribution < -0.4 is 0 Å². The quantitative estimate of drug-likeness (QED) is 0.458. The molecule has 4 heteroatoms. The highest BCUT2D eigenvalue weighted by Gasteiger charge is 1.90. The van der Waals surface area contributed by atoms with Crippen LogP contribution >= 0.6 is 0 Å². The topological polar surface area (TPSA) is 54.5 Å². The number of aryl methyl sites for hydroxylation is 1. The Morgan fingerprint density at radius 1 is 1.88 bits per heavy atom. The second kappa shape index (κ2) is 1.62. The maximum Gasteiger partial charge on any atom is 0.252 e. The van der Waals surface area contributed by atoms with Gasteiger partial charge in [-0.2, -0.15) is 5.26 Å². The average Bonchev–Trinajstić information content (AvgIpc) is 2.14. The van der Waals surface area contributed by atoms with Crippen molar-refractivity contribution in [3.63, 3.8) is 0 Å². The summed E-state index contributed by atoms with van der Waals surface area (Å²) in [4.78, 5) is 3.62. The van der Waals surface area contributed by atoms with E-state index in [4.69, 9.17) is 5.26 Å². The summed E-state index contributed by atoms with van der Waals surface area (Å²) in [6, 6.07) is 1.80. The molecule has 0 atom stereocenters. The van der Waals surface area contributed by atoms with Gasteiger partial charge in [-0.25, -0.2) is 4.98 Å². The Morgan fingerprint density at radius 3 is 2.88 bits per heavy atom. The molecular weight excluding hydrogens is 104 g/mol. The molecule has 40 valence electrons. The van der Waals surface area contributed by atoms with E-state index < -0.39 is 0 Å². The molecule has 1 heterocycles. The molecule has 0 fully saturated rings. The van der Waals surface area contributed by atoms with Gasteiger partial charge in [0.05, 0.1) is 0 Å². The van der Waals surface area contributed by atoms with Crippen molar-refractivity contribution in [3.8, 4) is 6.07 Å². The molecule has 0 aliphatic rings. The third kappa shape index (κ3) is 0.658. The standard InChI is InChI=1S/C4H4N4/c1-8-3-6-4(2-5)7-8/h3H,1H3. The van der Waals surface area contributed by atoms with Gasteiger partial charge in [0.1, 0.15) is 12.4 Å². The van der Waals surface area contributed by atoms with Crippen LogP contribution in [-0.2, 0) is 7.05 Å². The smallest absolute Gasteiger partial charge is 0.252 e. The summed E-state index contributed by atoms with van der Waals surface area (Å²) in [5.41, 5.74) is 0. The van der Waals surface area contributed by atoms with E-state index in [0.29, 0.717) is 0 Å². The zero-order valence-electron chi connectivity index (χ0n) is 4.37. The number of aromatic nitrogens is 3. The lowest BCUT2D eigenvalue weighted by molar-refractivity contribution is 0.762. The van der Waals surface area contributed by atoms with Gasteiger partial charge in [-0.15, -0.1) is 5.10 Å². The molecule has 0 spiro atoms. The first-order valence-corrected chi connectivity index (χ1v) is 2.08. The van der Waals surface area contributed by atoms with Crippen molar-refractivity contribution in [2.24, 2.45) is 7.05 Å². The Labute approximate surface area is 46.4 Å². The van der Waals surface area contributed by atoms with Crippen LogP contribution in [0.25, 0.3) is 0 Å². The maximum absolute atomic E-state index is 8.16. The van der Waals surface area contributed by atoms with Gasteiger partial charge in [0.25, 0.3) is 5.82 Å². The normalized spacial score (nSPS) is 8.50. The third-order valence-electron chi connectivity index (χ3n) is 0.700. The van der Waals surface area contributed by atoms with Crippen molar-refractivity contribution < 1.29 is 0 Å². The van der Waals surface area contributed by atoms with Gasteiger partial charge < -0.3 is 0 Å². The van der Waals surface area contributed by atoms with E-state index in [9.17, 15) is 0 Å². The van der Waals surface area contributed by atoms with Crippen LogP contribution in [0.2, 0.25) is 0 Å². The summed E-state index contributed by atoms with van der Waals surface area (Å²) in [7, 11) is 1.72. The van der Waals surface area contributed by atoms with E-state index in [2.05, 4.69) is 10.1 Å². The van der Waals surface area contributed by atoms with E-state index in [1.54, 1.807) is 13.1 Å². The predicted octanol–water partition coefficient (Wildman–Crippen LogP) is -0.313. The van der Waals surface area contributed by atoms with Crippen molar-refractivity contribution >= 4 is 0 Å². The fourth-order valence-corrected chi connectivity index (χ4v) is 0.391. The first-order chi connectivity index (χ1) is 3.83. The SMILES string of the molecule is Cn1cnc(C#N)n1. The molecule has 1 rings (SSSR count). The fraction of sp³-hybridized carbons (Fsp3) is 0.250. The van der Waals surface area contributed by atoms with Crippen LogP contribution in [0.5, 0.6) is 0 Å². The maximum atomic E-state index is 8.16. The summed E-state index contributed by atoms with van der Waals surface area (Å²) >= 11 is 0. The lowest BCUT2D eigenvalue weighted by Gasteiger charge is -1.75. The van der Waals surface area contributed by atoms with Crippen molar-refractivity contribution in [2.45, 2.75) is 0 Å². The minimum atomic E-state index is 0.215. The van der Waals surface area contributed by atoms with E-state index >= 15 is 0 Å². The molecule has 0 radical (unpaired) electrons. The van der Waals surface area contributed by atoms with E-state index in [-0.39, 0.29) is 5.82 Å². The zero-order valence-corrected chi connectivity index (χ0v) is 4.37. The Hall–Kier alpha value is -1.37. The van der Waals surface area contributed by atoms with E-state index in [1.807, 2.05) is 0 Å². The molecule has 1 aromatic heterocycles. The van der Waals surface area contributed by atoms with Gasteiger partial charge in [0, 0.05) is 7.05 Å². The first kappa shape index (κ1) is 4.78. The van der Waals surface area contributed by atoms with Gasteiger partial charge in [-0.3, -0.25) is 4.68 Å². The summed E-state index contributed by atoms with van der Waals surface area (Å²) in [6.45, 7) is 0. The van der Waals surface area contributed by atoms with Gasteiger partial charge >= 0.3 is 0 Å². The van der Waals surface area contributed by atoms with Gasteiger partial charge in [-0.1, -0.05) is 0 Å². The molecule has 0 aromatic carbocycles. The van der Waals surface area contributed by atoms with E-state index in [0.717, 1.165) is 0 Å². The van der Waals surface area contributed by atoms with Crippen molar-refractivity contribution in [1.82, 2.24) is 14.8 Å². The second-order valence-electron chi connectivity index (χ2n) is 1.35. The number of nitrogens with zero attached hydrogens (tertiary/aromatic N) is 4. The van der Waals surface area contributed by atoms with Crippen LogP contribution in [0.3, 0.4) is 0 Å². The van der Waals surface area contributed by atoms with Crippen LogP contribution in [0.1, 0.15) is 5.82 Å². The van der Waals surface area contributed by atoms with Crippen LogP contribution in [0.4, 0.5) is 0 Å². The first-order valence-electron chi connectivity index (χ1n) is 2.08. The number of hydrogen-bond donors (Lipinski definition) is 0. The van der Waals surface area contributed by atoms with Crippen LogP contribution in [0, 0.1) is 11.3 Å². The highest BCUT2D eigenvalue weighted by Crippen LogP contribution is 1.80. The van der Waals surface area contributed by atoms with Crippen LogP contribution in [-0.4, -0.2) is 14.8 Å². The summed E-state index contributed by atoms with van der Waals surface area (Å²) in [6.07, 6.45) is 1.48. The van der Waals surface area contributed by atoms with Gasteiger partial charge in [-0.05, 0) is 0 Å². The van der Waals surface area contributed by atoms with Crippen LogP contribution in [0.15, 0.2) is 6.33 Å². The van der Waals surface area contributed by atoms with E-state index in [1.165, 1.54) is 11.0 Å². The molecule has 0 saturated heterocycles. The lowest BCUT2D eigenvalue weighted by atomic mass is 10.7. The number of nitriles is 1. The Bertz CT molecular complexity index is 218. The molecular formula is C4H4N4. The Kier molecular flexibility index (Phi) is 0.968. The molecule has 1 aromatic rings. The molecule has 0 unspecified atom stereocenters. The molecule has 0 N–H and O–H groups in total. The monoisotopic (exact) mass is 108 g/mol. The highest BCUT2D eigenvalue weighted by molar-refractivity contribution is 5.04. The minimum Gasteiger partial charge on any atom is -0.255 e. The molecule has 0 aliphatic carbocycles. The Morgan fingerprint density at radius 2 is 2.62 bits per heavy atom.